The van der Waals surface area contributed by atoms with Gasteiger partial charge in [0, 0.05) is 63.7 Å². The summed E-state index contributed by atoms with van der Waals surface area (Å²) in [6, 6.07) is 29.1. The number of benzene rings is 5. The van der Waals surface area contributed by atoms with E-state index in [0.29, 0.717) is 121 Å². The Bertz CT molecular complexity index is 3850. The molecule has 0 spiro atoms. The number of rotatable bonds is 80. The van der Waals surface area contributed by atoms with E-state index in [1.807, 2.05) is 60.7 Å². The highest BCUT2D eigenvalue weighted by molar-refractivity contribution is 6.76. The highest BCUT2D eigenvalue weighted by atomic mass is 28.3. The summed E-state index contributed by atoms with van der Waals surface area (Å²) in [4.78, 5) is 26.5. The van der Waals surface area contributed by atoms with Crippen LogP contribution in [0.2, 0.25) is 51.4 Å². The fraction of sp³-hybridized carbons (Fsp3) is 0.672. The largest absolute Gasteiger partial charge is 0.492 e. The summed E-state index contributed by atoms with van der Waals surface area (Å²) in [6.07, 6.45) is 73.4. The van der Waals surface area contributed by atoms with Gasteiger partial charge in [0.25, 0.3) is 0 Å². The predicted octanol–water partition coefficient (Wildman–Crippen LogP) is 36.1. The van der Waals surface area contributed by atoms with E-state index in [9.17, 15) is 9.59 Å². The number of hydrogen-bond acceptors (Lipinski definition) is 10. The van der Waals surface area contributed by atoms with Crippen LogP contribution in [0.3, 0.4) is 0 Å². The van der Waals surface area contributed by atoms with Crippen molar-refractivity contribution in [2.75, 3.05) is 52.9 Å². The van der Waals surface area contributed by atoms with Crippen molar-refractivity contribution in [1.82, 2.24) is 0 Å². The lowest BCUT2D eigenvalue weighted by Gasteiger charge is -2.15. The monoisotopic (exact) mass is 1870 g/mol. The average Bonchev–Trinajstić information content (AvgIpc) is 0.805. The standard InChI is InChI=1S/C122H190O10Si2/c1-13-19-25-31-37-43-49-55-61-67-89-125-115-101-111(117(127-91-69-63-57-51-45-39-33-27-21-15-3)99-109(115)83-77-105-73-79-107(80-74-105)121(123)131-95-97-133(7,8)9)85-87-113-103-120(130-94-72-66-60-54-48-42-36-30-24-18-6)114(104-119(113)129-93-71-65-59-53-47-41-35-29-23-17-5)88-86-112-102-116(126-90-68-62-56-50-44-38-32-26-20-14-2)110(100-118(112)128-92-70-64-58-52-46-40-34-28-22-16-4)84-78-106-75-81-108(82-76-106)122(124)132-96-98-134(10,11)12/h73-76,79-82,99-104H,13-72,89-98H2,1-12H3. The van der Waals surface area contributed by atoms with Crippen LogP contribution < -0.4 is 28.4 Å². The second kappa shape index (κ2) is 77.4. The van der Waals surface area contributed by atoms with Crippen LogP contribution >= 0.6 is 0 Å². The minimum absolute atomic E-state index is 0.309. The Labute approximate surface area is 823 Å². The van der Waals surface area contributed by atoms with Gasteiger partial charge in [-0.15, -0.1) is 0 Å². The SMILES string of the molecule is CCCCCCCCCCCCOc1cc(C#Cc2cc(OCCCCCCCCCCCC)c(C#Cc3cc(OCCCCCCCCCCCC)c(C#Cc4ccc(C(=O)OCC[Si](C)(C)C)cc4)cc3OCCCCCCCCCCCC)cc2OCCCCCCCCCCCC)c(OCCCCCCCCCCCC)cc1C#Cc1ccc(C(=O)OCC[Si](C)(C)C)cc1. The zero-order valence-corrected chi connectivity index (χ0v) is 89.7. The van der Waals surface area contributed by atoms with Crippen molar-refractivity contribution >= 4 is 28.1 Å². The molecule has 5 aromatic rings. The molecule has 0 saturated carbocycles. The maximum absolute atomic E-state index is 13.3. The van der Waals surface area contributed by atoms with Crippen LogP contribution in [0, 0.1) is 47.4 Å². The van der Waals surface area contributed by atoms with Crippen LogP contribution in [-0.4, -0.2) is 80.9 Å². The molecule has 134 heavy (non-hydrogen) atoms. The van der Waals surface area contributed by atoms with Crippen LogP contribution in [-0.2, 0) is 9.47 Å². The van der Waals surface area contributed by atoms with Gasteiger partial charge < -0.3 is 37.9 Å². The van der Waals surface area contributed by atoms with Crippen molar-refractivity contribution in [3.8, 4) is 81.9 Å². The molecule has 12 heteroatoms. The molecule has 5 aromatic carbocycles. The molecule has 0 fully saturated rings. The predicted molar refractivity (Wildman–Crippen MR) is 577 cm³/mol. The first kappa shape index (κ1) is 117. The highest BCUT2D eigenvalue weighted by Gasteiger charge is 2.21. The molecule has 0 aliphatic rings. The lowest BCUT2D eigenvalue weighted by atomic mass is 10.0. The smallest absolute Gasteiger partial charge is 0.338 e. The quantitative estimate of drug-likeness (QED) is 0.0162. The van der Waals surface area contributed by atoms with Gasteiger partial charge in [-0.05, 0) is 99.1 Å². The van der Waals surface area contributed by atoms with Crippen molar-refractivity contribution < 1.29 is 47.5 Å². The molecule has 0 aliphatic heterocycles. The number of carbonyl (C=O) groups is 2. The summed E-state index contributed by atoms with van der Waals surface area (Å²) in [7, 11) is -2.77. The molecule has 746 valence electrons. The maximum atomic E-state index is 13.3. The van der Waals surface area contributed by atoms with Crippen molar-refractivity contribution in [3.63, 3.8) is 0 Å². The van der Waals surface area contributed by atoms with Crippen molar-refractivity contribution in [2.45, 2.75) is 478 Å². The summed E-state index contributed by atoms with van der Waals surface area (Å²) < 4.78 is 53.5. The van der Waals surface area contributed by atoms with Gasteiger partial charge in [0.2, 0.25) is 0 Å². The lowest BCUT2D eigenvalue weighted by molar-refractivity contribution is 0.0515. The van der Waals surface area contributed by atoms with Crippen molar-refractivity contribution in [3.05, 3.63) is 141 Å². The topological polar surface area (TPSA) is 108 Å². The van der Waals surface area contributed by atoms with E-state index in [1.54, 1.807) is 0 Å². The first-order valence-electron chi connectivity index (χ1n) is 55.4. The third kappa shape index (κ3) is 58.3. The van der Waals surface area contributed by atoms with Crippen LogP contribution in [0.15, 0.2) is 84.9 Å². The summed E-state index contributed by atoms with van der Waals surface area (Å²) in [5, 5.41) is 0. The molecule has 0 aromatic heterocycles. The molecule has 0 N–H and O–H groups in total. The molecule has 0 saturated heterocycles. The third-order valence-corrected chi connectivity index (χ3v) is 28.9. The van der Waals surface area contributed by atoms with E-state index in [2.05, 4.69) is 152 Å². The third-order valence-electron chi connectivity index (χ3n) is 25.5. The fourth-order valence-corrected chi connectivity index (χ4v) is 18.0. The number of hydrogen-bond donors (Lipinski definition) is 0. The molecule has 0 heterocycles. The minimum Gasteiger partial charge on any atom is -0.492 e. The van der Waals surface area contributed by atoms with Crippen LogP contribution in [0.4, 0.5) is 0 Å². The normalized spacial score (nSPS) is 11.3. The minimum atomic E-state index is -1.38. The summed E-state index contributed by atoms with van der Waals surface area (Å²) in [6.45, 7) is 31.5. The molecule has 0 atom stereocenters. The van der Waals surface area contributed by atoms with Gasteiger partial charge in [0.05, 0.1) is 97.4 Å². The van der Waals surface area contributed by atoms with Crippen LogP contribution in [0.25, 0.3) is 0 Å². The van der Waals surface area contributed by atoms with Crippen molar-refractivity contribution in [1.29, 1.82) is 0 Å². The van der Waals surface area contributed by atoms with Gasteiger partial charge in [-0.1, -0.05) is 475 Å². The van der Waals surface area contributed by atoms with E-state index in [4.69, 9.17) is 37.9 Å². The van der Waals surface area contributed by atoms with Gasteiger partial charge in [-0.3, -0.25) is 0 Å². The molecule has 5 rings (SSSR count). The maximum Gasteiger partial charge on any atom is 0.338 e. The number of ether oxygens (including phenoxy) is 8. The zero-order valence-electron chi connectivity index (χ0n) is 87.7. The Balaban J connectivity index is 1.75. The number of esters is 2. The van der Waals surface area contributed by atoms with Crippen LogP contribution in [0.5, 0.6) is 34.5 Å². The first-order chi connectivity index (χ1) is 65.5. The Hall–Kier alpha value is -7.49. The fourth-order valence-electron chi connectivity index (χ4n) is 16.6. The van der Waals surface area contributed by atoms with E-state index in [0.717, 1.165) is 111 Å². The number of unbranched alkanes of at least 4 members (excludes halogenated alkanes) is 54. The molecule has 0 unspecified atom stereocenters. The second-order valence-electron chi connectivity index (χ2n) is 40.8. The Morgan fingerprint density at radius 3 is 0.507 bits per heavy atom. The van der Waals surface area contributed by atoms with E-state index in [1.165, 1.54) is 308 Å². The molecular weight excluding hydrogens is 1680 g/mol. The van der Waals surface area contributed by atoms with E-state index in [-0.39, 0.29) is 11.9 Å². The van der Waals surface area contributed by atoms with Crippen LogP contribution in [0.1, 0.15) is 492 Å². The average molecular weight is 1870 g/mol. The highest BCUT2D eigenvalue weighted by Crippen LogP contribution is 2.35. The molecule has 10 nitrogen and oxygen atoms in total. The Morgan fingerprint density at radius 1 is 0.201 bits per heavy atom. The lowest BCUT2D eigenvalue weighted by Crippen LogP contribution is -2.22. The first-order valence-corrected chi connectivity index (χ1v) is 62.8. The molecule has 0 aliphatic carbocycles. The molecular formula is C122H190O10Si2. The summed E-state index contributed by atoms with van der Waals surface area (Å²) >= 11 is 0. The summed E-state index contributed by atoms with van der Waals surface area (Å²) in [5.41, 5.74) is 6.87. The summed E-state index contributed by atoms with van der Waals surface area (Å²) in [5.74, 6) is 32.2. The zero-order chi connectivity index (χ0) is 96.1. The van der Waals surface area contributed by atoms with Gasteiger partial charge in [-0.2, -0.15) is 0 Å². The van der Waals surface area contributed by atoms with Crippen molar-refractivity contribution in [2.24, 2.45) is 0 Å². The van der Waals surface area contributed by atoms with Gasteiger partial charge in [0.1, 0.15) is 34.5 Å². The van der Waals surface area contributed by atoms with Gasteiger partial charge >= 0.3 is 11.9 Å². The molecule has 0 amide bonds. The Kier molecular flexibility index (Phi) is 67.6. The van der Waals surface area contributed by atoms with E-state index < -0.39 is 16.1 Å². The molecule has 0 bridgehead atoms. The van der Waals surface area contributed by atoms with Gasteiger partial charge in [-0.25, -0.2) is 9.59 Å². The number of carbonyl (C=O) groups excluding carboxylic acids is 2. The van der Waals surface area contributed by atoms with Gasteiger partial charge in [0.15, 0.2) is 0 Å². The van der Waals surface area contributed by atoms with E-state index >= 15 is 0 Å². The molecule has 0 radical (unpaired) electrons. The second-order valence-corrected chi connectivity index (χ2v) is 52.0. The Morgan fingerprint density at radius 2 is 0.351 bits per heavy atom.